The molecule has 0 bridgehead atoms. The maximum atomic E-state index is 10.1. The first-order chi connectivity index (χ1) is 5.67. The Bertz CT molecular complexity index is 127. The molecule has 12 heavy (non-hydrogen) atoms. The Morgan fingerprint density at radius 3 is 2.33 bits per heavy atom. The molecule has 3 atom stereocenters. The molecule has 5 nitrogen and oxygen atoms in total. The van der Waals surface area contributed by atoms with Crippen molar-refractivity contribution in [3.63, 3.8) is 0 Å². The Balaban J connectivity index is 4.02. The molecule has 2 N–H and O–H groups in total. The van der Waals surface area contributed by atoms with Gasteiger partial charge in [-0.05, 0) is 0 Å². The topological polar surface area (TPSA) is 76.0 Å². The van der Waals surface area contributed by atoms with Crippen molar-refractivity contribution >= 4 is 6.29 Å². The van der Waals surface area contributed by atoms with Crippen molar-refractivity contribution in [2.24, 2.45) is 0 Å². The van der Waals surface area contributed by atoms with Crippen LogP contribution in [0.4, 0.5) is 0 Å². The van der Waals surface area contributed by atoms with Gasteiger partial charge in [0.25, 0.3) is 0 Å². The average Bonchev–Trinajstić information content (AvgIpc) is 2.06. The summed E-state index contributed by atoms with van der Waals surface area (Å²) in [5.41, 5.74) is 0. The van der Waals surface area contributed by atoms with E-state index in [0.29, 0.717) is 6.29 Å². The van der Waals surface area contributed by atoms with Gasteiger partial charge in [0.1, 0.15) is 18.3 Å². The van der Waals surface area contributed by atoms with E-state index in [1.54, 1.807) is 0 Å². The number of hydrogen-bond donors (Lipinski definition) is 2. The van der Waals surface area contributed by atoms with Crippen LogP contribution in [0.25, 0.3) is 0 Å². The SMILES string of the molecule is COC[C@@H](O)[C@@H](OC)[C@H](O)C=O. The van der Waals surface area contributed by atoms with Gasteiger partial charge < -0.3 is 24.5 Å². The summed E-state index contributed by atoms with van der Waals surface area (Å²) in [7, 11) is 2.71. The molecule has 0 heterocycles. The molecule has 0 aliphatic heterocycles. The molecule has 0 rings (SSSR count). The van der Waals surface area contributed by atoms with E-state index in [2.05, 4.69) is 4.74 Å². The van der Waals surface area contributed by atoms with Crippen LogP contribution in [0.15, 0.2) is 0 Å². The van der Waals surface area contributed by atoms with Crippen LogP contribution in [0.5, 0.6) is 0 Å². The minimum Gasteiger partial charge on any atom is -0.388 e. The third-order valence-electron chi connectivity index (χ3n) is 1.46. The van der Waals surface area contributed by atoms with E-state index in [0.717, 1.165) is 0 Å². The summed E-state index contributed by atoms with van der Waals surface area (Å²) < 4.78 is 9.33. The standard InChI is InChI=1S/C7H14O5/c1-11-4-6(10)7(12-2)5(9)3-8/h3,5-7,9-10H,4H2,1-2H3/t5-,6-,7+/m1/s1. The van der Waals surface area contributed by atoms with E-state index in [-0.39, 0.29) is 6.61 Å². The summed E-state index contributed by atoms with van der Waals surface area (Å²) in [4.78, 5) is 10.1. The summed E-state index contributed by atoms with van der Waals surface area (Å²) in [5, 5.41) is 18.2. The molecule has 0 aliphatic carbocycles. The van der Waals surface area contributed by atoms with Crippen LogP contribution in [0.3, 0.4) is 0 Å². The van der Waals surface area contributed by atoms with Crippen LogP contribution in [0, 0.1) is 0 Å². The van der Waals surface area contributed by atoms with Crippen LogP contribution in [-0.2, 0) is 14.3 Å². The lowest BCUT2D eigenvalue weighted by molar-refractivity contribution is -0.133. The Morgan fingerprint density at radius 1 is 1.42 bits per heavy atom. The minimum absolute atomic E-state index is 0.0173. The highest BCUT2D eigenvalue weighted by Gasteiger charge is 2.26. The van der Waals surface area contributed by atoms with E-state index in [4.69, 9.17) is 9.84 Å². The zero-order valence-corrected chi connectivity index (χ0v) is 7.14. The number of carbonyl (C=O) groups is 1. The number of ether oxygens (including phenoxy) is 2. The van der Waals surface area contributed by atoms with Crippen molar-refractivity contribution in [2.45, 2.75) is 18.3 Å². The Morgan fingerprint density at radius 2 is 2.00 bits per heavy atom. The molecule has 0 aromatic rings. The Labute approximate surface area is 70.9 Å². The van der Waals surface area contributed by atoms with Gasteiger partial charge in [-0.25, -0.2) is 0 Å². The predicted octanol–water partition coefficient (Wildman–Crippen LogP) is -1.43. The summed E-state index contributed by atoms with van der Waals surface area (Å²) >= 11 is 0. The first-order valence-corrected chi connectivity index (χ1v) is 3.50. The van der Waals surface area contributed by atoms with Gasteiger partial charge in [-0.1, -0.05) is 0 Å². The second kappa shape index (κ2) is 6.07. The zero-order chi connectivity index (χ0) is 9.56. The van der Waals surface area contributed by atoms with Crippen LogP contribution >= 0.6 is 0 Å². The van der Waals surface area contributed by atoms with Gasteiger partial charge in [0.15, 0.2) is 6.29 Å². The monoisotopic (exact) mass is 178 g/mol. The molecule has 0 fully saturated rings. The quantitative estimate of drug-likeness (QED) is 0.488. The first-order valence-electron chi connectivity index (χ1n) is 3.50. The van der Waals surface area contributed by atoms with Gasteiger partial charge in [-0.15, -0.1) is 0 Å². The van der Waals surface area contributed by atoms with Crippen LogP contribution in [0.1, 0.15) is 0 Å². The van der Waals surface area contributed by atoms with Gasteiger partial charge in [0.05, 0.1) is 6.61 Å². The second-order valence-corrected chi connectivity index (χ2v) is 2.35. The van der Waals surface area contributed by atoms with E-state index in [1.165, 1.54) is 14.2 Å². The lowest BCUT2D eigenvalue weighted by Crippen LogP contribution is -2.42. The largest absolute Gasteiger partial charge is 0.388 e. The van der Waals surface area contributed by atoms with Crippen molar-refractivity contribution in [1.29, 1.82) is 0 Å². The second-order valence-electron chi connectivity index (χ2n) is 2.35. The van der Waals surface area contributed by atoms with Gasteiger partial charge in [-0.3, -0.25) is 0 Å². The number of carbonyl (C=O) groups excluding carboxylic acids is 1. The smallest absolute Gasteiger partial charge is 0.151 e. The average molecular weight is 178 g/mol. The molecule has 0 saturated carbocycles. The third-order valence-corrected chi connectivity index (χ3v) is 1.46. The fraction of sp³-hybridized carbons (Fsp3) is 0.857. The molecule has 72 valence electrons. The van der Waals surface area contributed by atoms with E-state index >= 15 is 0 Å². The van der Waals surface area contributed by atoms with Crippen LogP contribution in [0.2, 0.25) is 0 Å². The third kappa shape index (κ3) is 3.27. The van der Waals surface area contributed by atoms with Crippen molar-refractivity contribution in [1.82, 2.24) is 0 Å². The highest BCUT2D eigenvalue weighted by molar-refractivity contribution is 5.56. The lowest BCUT2D eigenvalue weighted by atomic mass is 10.1. The van der Waals surface area contributed by atoms with Crippen molar-refractivity contribution in [3.8, 4) is 0 Å². The number of hydrogen-bond acceptors (Lipinski definition) is 5. The summed E-state index contributed by atoms with van der Waals surface area (Å²) in [6.45, 7) is 0.0173. The van der Waals surface area contributed by atoms with Crippen LogP contribution in [-0.4, -0.2) is 55.6 Å². The molecule has 0 aromatic heterocycles. The van der Waals surface area contributed by atoms with Gasteiger partial charge in [0.2, 0.25) is 0 Å². The van der Waals surface area contributed by atoms with E-state index in [9.17, 15) is 9.90 Å². The van der Waals surface area contributed by atoms with Crippen LogP contribution < -0.4 is 0 Å². The molecule has 0 aliphatic rings. The van der Waals surface area contributed by atoms with Gasteiger partial charge in [-0.2, -0.15) is 0 Å². The van der Waals surface area contributed by atoms with E-state index in [1.807, 2.05) is 0 Å². The van der Waals surface area contributed by atoms with Gasteiger partial charge in [0, 0.05) is 14.2 Å². The van der Waals surface area contributed by atoms with Crippen molar-refractivity contribution in [2.75, 3.05) is 20.8 Å². The van der Waals surface area contributed by atoms with E-state index < -0.39 is 18.3 Å². The molecule has 0 aromatic carbocycles. The van der Waals surface area contributed by atoms with Gasteiger partial charge >= 0.3 is 0 Å². The molecule has 0 amide bonds. The Kier molecular flexibility index (Phi) is 5.83. The maximum absolute atomic E-state index is 10.1. The Hall–Kier alpha value is -0.490. The number of aliphatic hydroxyl groups excluding tert-OH is 2. The predicted molar refractivity (Wildman–Crippen MR) is 40.8 cm³/mol. The fourth-order valence-electron chi connectivity index (χ4n) is 0.867. The zero-order valence-electron chi connectivity index (χ0n) is 7.14. The minimum atomic E-state index is -1.32. The summed E-state index contributed by atoms with van der Waals surface area (Å²) in [6, 6.07) is 0. The molecular weight excluding hydrogens is 164 g/mol. The number of aliphatic hydroxyl groups is 2. The highest BCUT2D eigenvalue weighted by atomic mass is 16.5. The maximum Gasteiger partial charge on any atom is 0.151 e. The summed E-state index contributed by atoms with van der Waals surface area (Å²) in [6.07, 6.45) is -2.93. The number of aldehydes is 1. The molecule has 0 spiro atoms. The molecule has 0 radical (unpaired) electrons. The summed E-state index contributed by atoms with van der Waals surface area (Å²) in [5.74, 6) is 0. The lowest BCUT2D eigenvalue weighted by Gasteiger charge is -2.22. The molecule has 0 unspecified atom stereocenters. The molecule has 0 saturated heterocycles. The fourth-order valence-corrected chi connectivity index (χ4v) is 0.867. The van der Waals surface area contributed by atoms with Crippen molar-refractivity contribution < 1.29 is 24.5 Å². The van der Waals surface area contributed by atoms with Crippen molar-refractivity contribution in [3.05, 3.63) is 0 Å². The number of rotatable bonds is 6. The first kappa shape index (κ1) is 11.5. The molecular formula is C7H14O5. The highest BCUT2D eigenvalue weighted by Crippen LogP contribution is 2.03. The molecule has 5 heteroatoms. The normalized spacial score (nSPS) is 18.3. The number of methoxy groups -OCH3 is 2.